The van der Waals surface area contributed by atoms with Gasteiger partial charge in [-0.2, -0.15) is 13.2 Å². The molecule has 0 radical (unpaired) electrons. The fourth-order valence-corrected chi connectivity index (χ4v) is 8.91. The lowest BCUT2D eigenvalue weighted by Gasteiger charge is -2.33. The first-order valence-corrected chi connectivity index (χ1v) is 20.7. The van der Waals surface area contributed by atoms with Gasteiger partial charge in [0.15, 0.2) is 6.10 Å². The zero-order valence-corrected chi connectivity index (χ0v) is 32.8. The molecule has 6 rings (SSSR count). The minimum absolute atomic E-state index is 0.00991. The zero-order valence-electron chi connectivity index (χ0n) is 32.0. The Hall–Kier alpha value is -4.75. The van der Waals surface area contributed by atoms with Crippen molar-refractivity contribution in [3.8, 4) is 11.6 Å². The summed E-state index contributed by atoms with van der Waals surface area (Å²) in [7, 11) is -4.01. The summed E-state index contributed by atoms with van der Waals surface area (Å²) in [5.74, 6) is -3.88. The number of aromatic nitrogens is 1. The maximum atomic E-state index is 14.6. The maximum absolute atomic E-state index is 14.6. The van der Waals surface area contributed by atoms with Crippen LogP contribution < -0.4 is 24.8 Å². The minimum atomic E-state index is -4.88. The normalized spacial score (nSPS) is 29.2. The molecule has 0 unspecified atom stereocenters. The largest absolute Gasteiger partial charge is 0.485 e. The Bertz CT molecular complexity index is 2030. The van der Waals surface area contributed by atoms with Crippen LogP contribution in [0.3, 0.4) is 0 Å². The number of benzene rings is 1. The van der Waals surface area contributed by atoms with Gasteiger partial charge in [0.25, 0.3) is 12.3 Å². The van der Waals surface area contributed by atoms with Gasteiger partial charge in [-0.1, -0.05) is 44.2 Å². The van der Waals surface area contributed by atoms with E-state index in [0.717, 1.165) is 4.90 Å². The second kappa shape index (κ2) is 16.8. The summed E-state index contributed by atoms with van der Waals surface area (Å²) in [4.78, 5) is 61.1. The second-order valence-corrected chi connectivity index (χ2v) is 17.6. The maximum Gasteiger partial charge on any atom is 0.425 e. The van der Waals surface area contributed by atoms with Crippen molar-refractivity contribution in [3.63, 3.8) is 0 Å². The molecule has 4 aliphatic rings. The van der Waals surface area contributed by atoms with Gasteiger partial charge in [0.05, 0.1) is 18.0 Å². The number of hydrogen-bond donors (Lipinski definition) is 3. The standard InChI is InChI=1S/C38H46F5N5O9S/c1-20-8-4-5-9-23-16-37(23,35(51)47-58(53,54)25-12-13-25)46-32(49)28-15-24(57-33-27-11-7-6-10-26(27)29(17-44-33)55-19-30(39)40)18-48(28)34(50)31(21(2)14-20)45-36(52)56-22(3)38(41,42)43/h5-7,9-11,17,20-25,28,30-31H,4,8,12-16,18-19H2,1-3H3,(H,45,52)(H,46,49)(H,47,51)/b9-5-/t20-,21-,22-,23-,24-,28+,31+,37-/m1/s1. The molecule has 20 heteroatoms. The third-order valence-corrected chi connectivity index (χ3v) is 12.8. The third kappa shape index (κ3) is 9.74. The summed E-state index contributed by atoms with van der Waals surface area (Å²) in [5.41, 5.74) is -1.68. The smallest absolute Gasteiger partial charge is 0.425 e. The number of carbonyl (C=O) groups excluding carboxylic acids is 4. The van der Waals surface area contributed by atoms with Crippen molar-refractivity contribution < 1.29 is 63.8 Å². The van der Waals surface area contributed by atoms with Gasteiger partial charge in [0, 0.05) is 23.1 Å². The molecule has 3 fully saturated rings. The van der Waals surface area contributed by atoms with Crippen LogP contribution in [0.2, 0.25) is 0 Å². The van der Waals surface area contributed by atoms with Crippen molar-refractivity contribution >= 4 is 44.6 Å². The van der Waals surface area contributed by atoms with Gasteiger partial charge in [0.2, 0.25) is 27.7 Å². The molecule has 318 valence electrons. The van der Waals surface area contributed by atoms with Crippen LogP contribution in [0.25, 0.3) is 10.8 Å². The van der Waals surface area contributed by atoms with E-state index >= 15 is 0 Å². The number of nitrogens with one attached hydrogen (secondary N) is 3. The topological polar surface area (TPSA) is 182 Å². The van der Waals surface area contributed by atoms with E-state index in [1.807, 2.05) is 13.0 Å². The Morgan fingerprint density at radius 3 is 2.47 bits per heavy atom. The van der Waals surface area contributed by atoms with Crippen molar-refractivity contribution in [2.24, 2.45) is 17.8 Å². The molecule has 3 heterocycles. The number of halogens is 5. The van der Waals surface area contributed by atoms with Crippen molar-refractivity contribution in [1.82, 2.24) is 25.2 Å². The van der Waals surface area contributed by atoms with Gasteiger partial charge in [0.1, 0.15) is 36.1 Å². The molecule has 4 amide bonds. The lowest BCUT2D eigenvalue weighted by Crippen LogP contribution is -2.59. The molecule has 8 atom stereocenters. The van der Waals surface area contributed by atoms with Crippen molar-refractivity contribution in [3.05, 3.63) is 42.6 Å². The number of alkyl halides is 5. The lowest BCUT2D eigenvalue weighted by atomic mass is 9.88. The molecule has 2 saturated carbocycles. The average Bonchev–Trinajstić information content (AvgIpc) is 4.08. The van der Waals surface area contributed by atoms with E-state index in [9.17, 15) is 49.5 Å². The summed E-state index contributed by atoms with van der Waals surface area (Å²) in [6, 6.07) is 3.63. The molecule has 3 N–H and O–H groups in total. The fourth-order valence-electron chi connectivity index (χ4n) is 7.55. The molecule has 1 saturated heterocycles. The number of sulfonamides is 1. The molecule has 2 aliphatic carbocycles. The van der Waals surface area contributed by atoms with Gasteiger partial charge in [-0.05, 0) is 63.4 Å². The van der Waals surface area contributed by atoms with E-state index in [-0.39, 0.29) is 36.9 Å². The van der Waals surface area contributed by atoms with Gasteiger partial charge < -0.3 is 29.7 Å². The van der Waals surface area contributed by atoms with Crippen LogP contribution in [0.5, 0.6) is 11.6 Å². The van der Waals surface area contributed by atoms with Crippen LogP contribution in [0.4, 0.5) is 26.7 Å². The number of fused-ring (bicyclic) bond motifs is 3. The summed E-state index contributed by atoms with van der Waals surface area (Å²) in [5, 5.41) is 5.05. The van der Waals surface area contributed by atoms with Crippen molar-refractivity contribution in [2.45, 2.75) is 113 Å². The predicted octanol–water partition coefficient (Wildman–Crippen LogP) is 4.77. The highest BCUT2D eigenvalue weighted by Gasteiger charge is 2.62. The number of nitrogens with zero attached hydrogens (tertiary/aromatic N) is 2. The van der Waals surface area contributed by atoms with Crippen LogP contribution in [0.1, 0.15) is 65.7 Å². The number of ether oxygens (including phenoxy) is 3. The monoisotopic (exact) mass is 843 g/mol. The lowest BCUT2D eigenvalue weighted by molar-refractivity contribution is -0.197. The number of amides is 4. The fraction of sp³-hybridized carbons (Fsp3) is 0.605. The first-order valence-electron chi connectivity index (χ1n) is 19.1. The van der Waals surface area contributed by atoms with E-state index in [1.54, 1.807) is 37.3 Å². The van der Waals surface area contributed by atoms with E-state index in [0.29, 0.717) is 49.8 Å². The number of carbonyl (C=O) groups is 4. The Morgan fingerprint density at radius 1 is 1.09 bits per heavy atom. The van der Waals surface area contributed by atoms with Crippen LogP contribution in [-0.4, -0.2) is 103 Å². The number of allylic oxidation sites excluding steroid dienone is 1. The van der Waals surface area contributed by atoms with E-state index in [4.69, 9.17) is 9.47 Å². The number of hydrogen-bond acceptors (Lipinski definition) is 10. The van der Waals surface area contributed by atoms with Crippen molar-refractivity contribution in [1.29, 1.82) is 0 Å². The highest BCUT2D eigenvalue weighted by molar-refractivity contribution is 7.91. The Labute approximate surface area is 331 Å². The molecule has 14 nitrogen and oxygen atoms in total. The quantitative estimate of drug-likeness (QED) is 0.223. The Balaban J connectivity index is 1.34. The Kier molecular flexibility index (Phi) is 12.4. The van der Waals surface area contributed by atoms with Crippen molar-refractivity contribution in [2.75, 3.05) is 13.2 Å². The molecular formula is C38H46F5N5O9S. The number of rotatable bonds is 10. The van der Waals surface area contributed by atoms with Gasteiger partial charge >= 0.3 is 12.3 Å². The molecule has 58 heavy (non-hydrogen) atoms. The van der Waals surface area contributed by atoms with Crippen LogP contribution in [0, 0.1) is 17.8 Å². The predicted molar refractivity (Wildman–Crippen MR) is 197 cm³/mol. The molecular weight excluding hydrogens is 798 g/mol. The van der Waals surface area contributed by atoms with Gasteiger partial charge in [-0.3, -0.25) is 19.1 Å². The summed E-state index contributed by atoms with van der Waals surface area (Å²) >= 11 is 0. The average molecular weight is 844 g/mol. The first kappa shape index (κ1) is 42.8. The Morgan fingerprint density at radius 2 is 1.79 bits per heavy atom. The molecule has 0 spiro atoms. The van der Waals surface area contributed by atoms with Crippen LogP contribution >= 0.6 is 0 Å². The second-order valence-electron chi connectivity index (χ2n) is 15.6. The third-order valence-electron chi connectivity index (χ3n) is 11.0. The van der Waals surface area contributed by atoms with Crippen LogP contribution in [-0.2, 0) is 29.1 Å². The molecule has 1 aromatic carbocycles. The minimum Gasteiger partial charge on any atom is -0.485 e. The van der Waals surface area contributed by atoms with Gasteiger partial charge in [-0.25, -0.2) is 27.0 Å². The first-order chi connectivity index (χ1) is 27.3. The molecule has 0 bridgehead atoms. The molecule has 1 aromatic heterocycles. The molecule has 2 aliphatic heterocycles. The summed E-state index contributed by atoms with van der Waals surface area (Å²) in [6.07, 6.45) is -5.79. The summed E-state index contributed by atoms with van der Waals surface area (Å²) in [6.45, 7) is 2.99. The summed E-state index contributed by atoms with van der Waals surface area (Å²) < 4.78 is 110. The van der Waals surface area contributed by atoms with E-state index in [1.165, 1.54) is 6.20 Å². The van der Waals surface area contributed by atoms with Crippen LogP contribution in [0.15, 0.2) is 42.6 Å². The van der Waals surface area contributed by atoms with Gasteiger partial charge in [-0.15, -0.1) is 0 Å². The highest BCUT2D eigenvalue weighted by Crippen LogP contribution is 2.46. The van der Waals surface area contributed by atoms with E-state index < -0.39 is 100.0 Å². The molecule has 2 aromatic rings. The van der Waals surface area contributed by atoms with E-state index in [2.05, 4.69) is 25.1 Å². The number of alkyl carbamates (subject to hydrolysis) is 1. The highest BCUT2D eigenvalue weighted by atomic mass is 32.2. The zero-order chi connectivity index (χ0) is 42.2. The number of pyridine rings is 1. The SMILES string of the molecule is C[C@@H]1CC/C=C\[C@@H]2C[C@@]2(C(=O)NS(=O)(=O)C2CC2)NC(=O)[C@@H]2C[C@@H](Oc3ncc(OCC(F)F)c4ccccc34)CN2C(=O)[C@@H](NC(=O)O[C@H](C)C(F)(F)F)[C@H](C)C1.